The topological polar surface area (TPSA) is 67.8 Å². The molecule has 0 unspecified atom stereocenters. The van der Waals surface area contributed by atoms with Gasteiger partial charge in [-0.05, 0) is 82.9 Å². The third-order valence-electron chi connectivity index (χ3n) is 4.61. The second-order valence-corrected chi connectivity index (χ2v) is 8.24. The van der Waals surface area contributed by atoms with Crippen LogP contribution in [0.5, 0.6) is 11.5 Å². The average molecular weight is 505 g/mol. The third kappa shape index (κ3) is 6.15. The lowest BCUT2D eigenvalue weighted by Gasteiger charge is -2.17. The SMILES string of the molecule is CCOc1cc(CNc2cc(C(=O)O)ccc2C)cc(Br)c1OCc1cccc(Cl)c1. The standard InChI is InChI=1S/C24H23BrClNO4/c1-3-30-22-11-17(13-27-21-12-18(24(28)29)8-7-15(21)2)10-20(25)23(22)31-14-16-5-4-6-19(26)9-16/h4-12,27H,3,13-14H2,1-2H3,(H,28,29). The Morgan fingerprint density at radius 3 is 2.61 bits per heavy atom. The number of rotatable bonds is 9. The Kier molecular flexibility index (Phi) is 7.82. The molecule has 162 valence electrons. The lowest BCUT2D eigenvalue weighted by molar-refractivity contribution is 0.0697. The lowest BCUT2D eigenvalue weighted by atomic mass is 10.1. The van der Waals surface area contributed by atoms with Gasteiger partial charge in [-0.2, -0.15) is 0 Å². The second-order valence-electron chi connectivity index (χ2n) is 6.94. The molecule has 3 aromatic carbocycles. The number of benzene rings is 3. The highest BCUT2D eigenvalue weighted by Crippen LogP contribution is 2.38. The monoisotopic (exact) mass is 503 g/mol. The zero-order valence-corrected chi connectivity index (χ0v) is 19.6. The molecule has 5 nitrogen and oxygen atoms in total. The predicted octanol–water partition coefficient (Wildman–Crippen LogP) is 6.70. The number of aromatic carboxylic acids is 1. The summed E-state index contributed by atoms with van der Waals surface area (Å²) >= 11 is 9.64. The van der Waals surface area contributed by atoms with Crippen LogP contribution in [0.4, 0.5) is 5.69 Å². The number of halogens is 2. The van der Waals surface area contributed by atoms with Gasteiger partial charge in [-0.3, -0.25) is 0 Å². The molecule has 2 N–H and O–H groups in total. The normalized spacial score (nSPS) is 10.6. The zero-order chi connectivity index (χ0) is 22.4. The Morgan fingerprint density at radius 2 is 1.90 bits per heavy atom. The van der Waals surface area contributed by atoms with Gasteiger partial charge < -0.3 is 19.9 Å². The van der Waals surface area contributed by atoms with Gasteiger partial charge in [0.2, 0.25) is 0 Å². The zero-order valence-electron chi connectivity index (χ0n) is 17.2. The van der Waals surface area contributed by atoms with Crippen LogP contribution in [-0.4, -0.2) is 17.7 Å². The first-order valence-electron chi connectivity index (χ1n) is 9.77. The van der Waals surface area contributed by atoms with Gasteiger partial charge in [-0.15, -0.1) is 0 Å². The molecule has 0 fully saturated rings. The summed E-state index contributed by atoms with van der Waals surface area (Å²) in [7, 11) is 0. The van der Waals surface area contributed by atoms with E-state index in [2.05, 4.69) is 21.2 Å². The number of nitrogens with one attached hydrogen (secondary N) is 1. The fraction of sp³-hybridized carbons (Fsp3) is 0.208. The van der Waals surface area contributed by atoms with Gasteiger partial charge in [-0.25, -0.2) is 4.79 Å². The fourth-order valence-electron chi connectivity index (χ4n) is 3.05. The van der Waals surface area contributed by atoms with Crippen LogP contribution in [-0.2, 0) is 13.2 Å². The van der Waals surface area contributed by atoms with Crippen molar-refractivity contribution in [2.75, 3.05) is 11.9 Å². The molecule has 0 aliphatic heterocycles. The summed E-state index contributed by atoms with van der Waals surface area (Å²) in [6, 6.07) is 16.4. The van der Waals surface area contributed by atoms with Crippen molar-refractivity contribution < 1.29 is 19.4 Å². The smallest absolute Gasteiger partial charge is 0.335 e. The van der Waals surface area contributed by atoms with Crippen molar-refractivity contribution in [3.8, 4) is 11.5 Å². The number of aryl methyl sites for hydroxylation is 1. The van der Waals surface area contributed by atoms with Crippen LogP contribution in [0, 0.1) is 6.92 Å². The first-order chi connectivity index (χ1) is 14.9. The van der Waals surface area contributed by atoms with E-state index in [9.17, 15) is 9.90 Å². The highest BCUT2D eigenvalue weighted by Gasteiger charge is 2.14. The molecule has 0 heterocycles. The number of carbonyl (C=O) groups is 1. The number of hydrogen-bond donors (Lipinski definition) is 2. The Balaban J connectivity index is 1.78. The molecule has 0 aliphatic rings. The van der Waals surface area contributed by atoms with Crippen LogP contribution in [0.3, 0.4) is 0 Å². The van der Waals surface area contributed by atoms with Crippen molar-refractivity contribution in [1.82, 2.24) is 0 Å². The first-order valence-corrected chi connectivity index (χ1v) is 10.9. The van der Waals surface area contributed by atoms with Crippen LogP contribution >= 0.6 is 27.5 Å². The Hall–Kier alpha value is -2.70. The van der Waals surface area contributed by atoms with E-state index in [-0.39, 0.29) is 5.56 Å². The molecule has 0 radical (unpaired) electrons. The Labute approximate surface area is 195 Å². The third-order valence-corrected chi connectivity index (χ3v) is 5.43. The molecule has 0 spiro atoms. The van der Waals surface area contributed by atoms with Crippen molar-refractivity contribution in [3.63, 3.8) is 0 Å². The summed E-state index contributed by atoms with van der Waals surface area (Å²) in [5.41, 5.74) is 3.91. The number of hydrogen-bond acceptors (Lipinski definition) is 4. The van der Waals surface area contributed by atoms with Crippen LogP contribution in [0.1, 0.15) is 34.0 Å². The van der Waals surface area contributed by atoms with E-state index >= 15 is 0 Å². The minimum atomic E-state index is -0.953. The van der Waals surface area contributed by atoms with Crippen LogP contribution in [0.25, 0.3) is 0 Å². The van der Waals surface area contributed by atoms with Gasteiger partial charge in [0.15, 0.2) is 11.5 Å². The summed E-state index contributed by atoms with van der Waals surface area (Å²) in [5.74, 6) is 0.298. The van der Waals surface area contributed by atoms with Gasteiger partial charge in [0, 0.05) is 17.3 Å². The maximum Gasteiger partial charge on any atom is 0.335 e. The largest absolute Gasteiger partial charge is 0.490 e. The molecule has 0 bridgehead atoms. The van der Waals surface area contributed by atoms with Gasteiger partial charge in [0.25, 0.3) is 0 Å². The molecule has 0 amide bonds. The van der Waals surface area contributed by atoms with E-state index in [0.29, 0.717) is 36.3 Å². The van der Waals surface area contributed by atoms with E-state index in [4.69, 9.17) is 21.1 Å². The molecular formula is C24H23BrClNO4. The quantitative estimate of drug-likeness (QED) is 0.339. The van der Waals surface area contributed by atoms with Gasteiger partial charge in [0.05, 0.1) is 16.6 Å². The number of anilines is 1. The number of ether oxygens (including phenoxy) is 2. The molecule has 0 saturated heterocycles. The highest BCUT2D eigenvalue weighted by atomic mass is 79.9. The maximum absolute atomic E-state index is 11.2. The molecule has 0 aromatic heterocycles. The molecule has 3 aromatic rings. The summed E-state index contributed by atoms with van der Waals surface area (Å²) in [4.78, 5) is 11.2. The summed E-state index contributed by atoms with van der Waals surface area (Å²) < 4.78 is 12.6. The predicted molar refractivity (Wildman–Crippen MR) is 127 cm³/mol. The second kappa shape index (κ2) is 10.6. The van der Waals surface area contributed by atoms with E-state index in [1.807, 2.05) is 50.2 Å². The minimum Gasteiger partial charge on any atom is -0.490 e. The molecular weight excluding hydrogens is 482 g/mol. The first kappa shape index (κ1) is 23.0. The van der Waals surface area contributed by atoms with Crippen LogP contribution in [0.15, 0.2) is 59.1 Å². The van der Waals surface area contributed by atoms with Gasteiger partial charge in [0.1, 0.15) is 6.61 Å². The summed E-state index contributed by atoms with van der Waals surface area (Å²) in [6.07, 6.45) is 0. The molecule has 0 saturated carbocycles. The van der Waals surface area contributed by atoms with Crippen molar-refractivity contribution >= 4 is 39.2 Å². The maximum atomic E-state index is 11.2. The Bertz CT molecular complexity index is 1090. The molecule has 7 heteroatoms. The van der Waals surface area contributed by atoms with Gasteiger partial charge >= 0.3 is 5.97 Å². The van der Waals surface area contributed by atoms with E-state index in [1.165, 1.54) is 0 Å². The van der Waals surface area contributed by atoms with E-state index < -0.39 is 5.97 Å². The average Bonchev–Trinajstić information content (AvgIpc) is 2.72. The van der Waals surface area contributed by atoms with E-state index in [1.54, 1.807) is 18.2 Å². The van der Waals surface area contributed by atoms with Crippen molar-refractivity contribution in [3.05, 3.63) is 86.3 Å². The van der Waals surface area contributed by atoms with Crippen molar-refractivity contribution in [1.29, 1.82) is 0 Å². The van der Waals surface area contributed by atoms with Crippen LogP contribution in [0.2, 0.25) is 5.02 Å². The minimum absolute atomic E-state index is 0.244. The summed E-state index contributed by atoms with van der Waals surface area (Å²) in [5, 5.41) is 13.2. The number of carboxylic acids is 1. The van der Waals surface area contributed by atoms with Crippen molar-refractivity contribution in [2.45, 2.75) is 27.0 Å². The molecule has 0 aliphatic carbocycles. The summed E-state index contributed by atoms with van der Waals surface area (Å²) in [6.45, 7) is 5.20. The molecule has 31 heavy (non-hydrogen) atoms. The van der Waals surface area contributed by atoms with Crippen molar-refractivity contribution in [2.24, 2.45) is 0 Å². The number of carboxylic acid groups (broad SMARTS) is 1. The Morgan fingerprint density at radius 1 is 1.10 bits per heavy atom. The highest BCUT2D eigenvalue weighted by molar-refractivity contribution is 9.10. The van der Waals surface area contributed by atoms with Gasteiger partial charge in [-0.1, -0.05) is 29.8 Å². The molecule has 3 rings (SSSR count). The lowest BCUT2D eigenvalue weighted by Crippen LogP contribution is -2.06. The van der Waals surface area contributed by atoms with E-state index in [0.717, 1.165) is 26.9 Å². The fourth-order valence-corrected chi connectivity index (χ4v) is 3.87. The molecule has 0 atom stereocenters. The van der Waals surface area contributed by atoms with Crippen LogP contribution < -0.4 is 14.8 Å².